The molecular formula is C15H17N5O2S2. The Morgan fingerprint density at radius 1 is 1.33 bits per heavy atom. The lowest BCUT2D eigenvalue weighted by atomic mass is 9.87. The summed E-state index contributed by atoms with van der Waals surface area (Å²) in [4.78, 5) is 12.2. The number of pyridine rings is 1. The van der Waals surface area contributed by atoms with Gasteiger partial charge in [0, 0.05) is 40.9 Å². The van der Waals surface area contributed by atoms with E-state index in [9.17, 15) is 8.42 Å². The van der Waals surface area contributed by atoms with E-state index >= 15 is 0 Å². The van der Waals surface area contributed by atoms with Crippen LogP contribution in [0, 0.1) is 6.92 Å². The molecule has 0 saturated heterocycles. The van der Waals surface area contributed by atoms with E-state index in [0.717, 1.165) is 45.8 Å². The number of aryl methyl sites for hydroxylation is 1. The van der Waals surface area contributed by atoms with Gasteiger partial charge in [0.15, 0.2) is 0 Å². The van der Waals surface area contributed by atoms with Crippen molar-refractivity contribution in [3.8, 4) is 10.6 Å². The molecule has 1 saturated carbocycles. The Balaban J connectivity index is 1.64. The van der Waals surface area contributed by atoms with Crippen LogP contribution in [0.25, 0.3) is 21.6 Å². The summed E-state index contributed by atoms with van der Waals surface area (Å²) in [5.41, 5.74) is 3.80. The minimum atomic E-state index is -2.53. The molecule has 9 heteroatoms. The maximum Gasteiger partial charge on any atom is 0.201 e. The van der Waals surface area contributed by atoms with Gasteiger partial charge in [0.1, 0.15) is 10.7 Å². The van der Waals surface area contributed by atoms with E-state index in [1.165, 1.54) is 0 Å². The van der Waals surface area contributed by atoms with Crippen LogP contribution < -0.4 is 10.0 Å². The van der Waals surface area contributed by atoms with Gasteiger partial charge < -0.3 is 10.3 Å². The normalized spacial score (nSPS) is 20.4. The highest BCUT2D eigenvalue weighted by Gasteiger charge is 2.30. The van der Waals surface area contributed by atoms with Crippen molar-refractivity contribution in [3.05, 3.63) is 29.5 Å². The zero-order chi connectivity index (χ0) is 16.7. The molecule has 0 atom stereocenters. The molecule has 1 fully saturated rings. The van der Waals surface area contributed by atoms with Crippen molar-refractivity contribution in [1.29, 1.82) is 0 Å². The van der Waals surface area contributed by atoms with E-state index in [0.29, 0.717) is 0 Å². The number of thiol groups is 1. The van der Waals surface area contributed by atoms with Gasteiger partial charge in [-0.25, -0.2) is 23.1 Å². The number of hydrogen-bond donors (Lipinski definition) is 4. The summed E-state index contributed by atoms with van der Waals surface area (Å²) in [5, 5.41) is 7.53. The molecule has 7 nitrogen and oxygen atoms in total. The van der Waals surface area contributed by atoms with Gasteiger partial charge in [-0.3, -0.25) is 0 Å². The summed E-state index contributed by atoms with van der Waals surface area (Å²) < 4.78 is 24.0. The first kappa shape index (κ1) is 15.6. The quantitative estimate of drug-likeness (QED) is 0.520. The predicted octanol–water partition coefficient (Wildman–Crippen LogP) is 2.05. The van der Waals surface area contributed by atoms with Gasteiger partial charge >= 0.3 is 0 Å². The zero-order valence-corrected chi connectivity index (χ0v) is 14.7. The lowest BCUT2D eigenvalue weighted by Crippen LogP contribution is -2.47. The summed E-state index contributed by atoms with van der Waals surface area (Å²) in [5.74, 6) is 0. The van der Waals surface area contributed by atoms with Crippen LogP contribution in [0.5, 0.6) is 0 Å². The SMILES string of the molecule is Cc1csc(-c2cnc3[nH]ccc3c2N[C@H]2C[C@@H](N[SH](=O)=O)C2)n1. The Morgan fingerprint density at radius 3 is 2.88 bits per heavy atom. The number of nitrogens with zero attached hydrogens (tertiary/aromatic N) is 2. The standard InChI is InChI=1S/C15H17N5O2S2/c1-8-7-23-15(18-8)12-6-17-14-11(2-3-16-14)13(12)19-9-4-10(5-9)20-24(21)22/h2-3,6-7,9-10,24H,4-5H2,1H3,(H2,16,17,19)(H,20,21,22)/t9-,10+. The fourth-order valence-electron chi connectivity index (χ4n) is 3.00. The van der Waals surface area contributed by atoms with Crippen LogP contribution in [0.1, 0.15) is 18.5 Å². The number of hydrogen-bond acceptors (Lipinski definition) is 6. The number of thiazole rings is 1. The number of aromatic nitrogens is 3. The highest BCUT2D eigenvalue weighted by atomic mass is 32.2. The molecule has 3 heterocycles. The molecular weight excluding hydrogens is 346 g/mol. The molecule has 0 spiro atoms. The van der Waals surface area contributed by atoms with E-state index in [4.69, 9.17) is 0 Å². The molecule has 0 aromatic carbocycles. The summed E-state index contributed by atoms with van der Waals surface area (Å²) in [6.07, 6.45) is 5.25. The number of rotatable bonds is 5. The van der Waals surface area contributed by atoms with E-state index < -0.39 is 10.9 Å². The lowest BCUT2D eigenvalue weighted by Gasteiger charge is -2.36. The average Bonchev–Trinajstić information content (AvgIpc) is 3.13. The third kappa shape index (κ3) is 2.90. The second-order valence-electron chi connectivity index (χ2n) is 5.98. The fraction of sp³-hybridized carbons (Fsp3) is 0.333. The van der Waals surface area contributed by atoms with E-state index in [1.54, 1.807) is 11.3 Å². The summed E-state index contributed by atoms with van der Waals surface area (Å²) in [6, 6.07) is 2.26. The van der Waals surface area contributed by atoms with Crippen LogP contribution >= 0.6 is 11.3 Å². The van der Waals surface area contributed by atoms with Crippen molar-refractivity contribution >= 4 is 38.9 Å². The largest absolute Gasteiger partial charge is 0.381 e. The van der Waals surface area contributed by atoms with Crippen molar-refractivity contribution in [1.82, 2.24) is 19.7 Å². The zero-order valence-electron chi connectivity index (χ0n) is 12.9. The Bertz CT molecular complexity index is 948. The minimum Gasteiger partial charge on any atom is -0.381 e. The van der Waals surface area contributed by atoms with Crippen molar-refractivity contribution in [2.75, 3.05) is 5.32 Å². The van der Waals surface area contributed by atoms with E-state index in [2.05, 4.69) is 25.0 Å². The van der Waals surface area contributed by atoms with Gasteiger partial charge in [-0.2, -0.15) is 0 Å². The fourth-order valence-corrected chi connectivity index (χ4v) is 4.32. The lowest BCUT2D eigenvalue weighted by molar-refractivity contribution is 0.349. The first-order chi connectivity index (χ1) is 11.6. The number of H-pyrrole nitrogens is 1. The van der Waals surface area contributed by atoms with Crippen LogP contribution in [0.2, 0.25) is 0 Å². The van der Waals surface area contributed by atoms with Gasteiger partial charge in [0.25, 0.3) is 0 Å². The predicted molar refractivity (Wildman–Crippen MR) is 95.8 cm³/mol. The maximum absolute atomic E-state index is 10.7. The summed E-state index contributed by atoms with van der Waals surface area (Å²) in [6.45, 7) is 1.97. The van der Waals surface area contributed by atoms with Crippen molar-refractivity contribution < 1.29 is 8.42 Å². The van der Waals surface area contributed by atoms with Gasteiger partial charge in [0.2, 0.25) is 10.9 Å². The molecule has 4 rings (SSSR count). The Labute approximate surface area is 144 Å². The monoisotopic (exact) mass is 363 g/mol. The third-order valence-corrected chi connectivity index (χ3v) is 5.78. The van der Waals surface area contributed by atoms with Crippen molar-refractivity contribution in [2.45, 2.75) is 31.8 Å². The van der Waals surface area contributed by atoms with Gasteiger partial charge in [0.05, 0.1) is 11.3 Å². The number of fused-ring (bicyclic) bond motifs is 1. The number of aromatic amines is 1. The maximum atomic E-state index is 10.7. The third-order valence-electron chi connectivity index (χ3n) is 4.21. The molecule has 0 aliphatic heterocycles. The molecule has 3 aromatic heterocycles. The molecule has 0 radical (unpaired) electrons. The second-order valence-corrected chi connectivity index (χ2v) is 7.61. The van der Waals surface area contributed by atoms with Gasteiger partial charge in [-0.05, 0) is 25.8 Å². The van der Waals surface area contributed by atoms with Crippen LogP contribution in [0.3, 0.4) is 0 Å². The first-order valence-corrected chi connectivity index (χ1v) is 9.71. The number of anilines is 1. The van der Waals surface area contributed by atoms with Gasteiger partial charge in [-0.1, -0.05) is 0 Å². The summed E-state index contributed by atoms with van der Waals surface area (Å²) in [7, 11) is -2.53. The molecule has 0 bridgehead atoms. The highest BCUT2D eigenvalue weighted by Crippen LogP contribution is 2.37. The van der Waals surface area contributed by atoms with Crippen molar-refractivity contribution in [3.63, 3.8) is 0 Å². The van der Waals surface area contributed by atoms with Gasteiger partial charge in [-0.15, -0.1) is 11.3 Å². The Kier molecular flexibility index (Phi) is 3.99. The topological polar surface area (TPSA) is 99.8 Å². The second kappa shape index (κ2) is 6.15. The molecule has 1 aliphatic rings. The molecule has 24 heavy (non-hydrogen) atoms. The molecule has 3 aromatic rings. The highest BCUT2D eigenvalue weighted by molar-refractivity contribution is 7.70. The van der Waals surface area contributed by atoms with Crippen molar-refractivity contribution in [2.24, 2.45) is 0 Å². The van der Waals surface area contributed by atoms with Crippen LogP contribution in [-0.4, -0.2) is 35.5 Å². The summed E-state index contributed by atoms with van der Waals surface area (Å²) >= 11 is 1.60. The van der Waals surface area contributed by atoms with Crippen LogP contribution in [0.15, 0.2) is 23.8 Å². The molecule has 3 N–H and O–H groups in total. The molecule has 1 aliphatic carbocycles. The Hall–Kier alpha value is -1.97. The van der Waals surface area contributed by atoms with Crippen LogP contribution in [-0.2, 0) is 10.9 Å². The molecule has 0 unspecified atom stereocenters. The molecule has 126 valence electrons. The first-order valence-electron chi connectivity index (χ1n) is 7.66. The van der Waals surface area contributed by atoms with Crippen LogP contribution in [0.4, 0.5) is 5.69 Å². The Morgan fingerprint density at radius 2 is 2.17 bits per heavy atom. The smallest absolute Gasteiger partial charge is 0.201 e. The van der Waals surface area contributed by atoms with E-state index in [-0.39, 0.29) is 12.1 Å². The minimum absolute atomic E-state index is 0.0257. The molecule has 0 amide bonds. The van der Waals surface area contributed by atoms with E-state index in [1.807, 2.05) is 30.8 Å². The average molecular weight is 363 g/mol. The number of nitrogens with one attached hydrogen (secondary N) is 3.